The fraction of sp³-hybridized carbons (Fsp3) is 0.464. The molecule has 1 unspecified atom stereocenters. The van der Waals surface area contributed by atoms with E-state index in [-0.39, 0.29) is 46.2 Å². The zero-order valence-corrected chi connectivity index (χ0v) is 22.4. The minimum atomic E-state index is -0.464. The van der Waals surface area contributed by atoms with Gasteiger partial charge in [-0.15, -0.1) is 0 Å². The number of rotatable bonds is 7. The summed E-state index contributed by atoms with van der Waals surface area (Å²) in [6.45, 7) is 11.8. The first kappa shape index (κ1) is 27.7. The van der Waals surface area contributed by atoms with E-state index in [1.165, 1.54) is 0 Å². The van der Waals surface area contributed by atoms with Crippen LogP contribution in [-0.4, -0.2) is 31.0 Å². The topological polar surface area (TPSA) is 90.9 Å². The second-order valence-electron chi connectivity index (χ2n) is 9.89. The van der Waals surface area contributed by atoms with Crippen molar-refractivity contribution < 1.29 is 28.6 Å². The van der Waals surface area contributed by atoms with Crippen molar-refractivity contribution in [2.45, 2.75) is 53.9 Å². The molecule has 0 aliphatic carbocycles. The molecule has 0 aromatic heterocycles. The number of hydrogen-bond acceptors (Lipinski definition) is 7. The molecule has 0 radical (unpaired) electrons. The summed E-state index contributed by atoms with van der Waals surface area (Å²) in [5.74, 6) is -1.66. The van der Waals surface area contributed by atoms with Crippen LogP contribution in [-0.2, 0) is 20.8 Å². The second kappa shape index (κ2) is 11.9. The standard InChI is InChI=1S/C28H34ClNO6/c1-15(2)26(31)34-19-9-7-18(8-10-19)22-14-30-12-11-20-21(22)13-23(35-27(32)16(3)4)25(24(20)29)36-28(33)17(5)6/h7-10,13,15-17,22,30H,11-12,14H2,1-6H3. The van der Waals surface area contributed by atoms with Gasteiger partial charge in [0.1, 0.15) is 5.75 Å². The number of carbonyl (C=O) groups excluding carboxylic acids is 3. The molecule has 8 heteroatoms. The van der Waals surface area contributed by atoms with Crippen LogP contribution >= 0.6 is 11.6 Å². The van der Waals surface area contributed by atoms with E-state index in [4.69, 9.17) is 25.8 Å². The van der Waals surface area contributed by atoms with Crippen LogP contribution in [0.3, 0.4) is 0 Å². The molecule has 0 amide bonds. The molecule has 0 bridgehead atoms. The van der Waals surface area contributed by atoms with E-state index in [2.05, 4.69) is 5.32 Å². The van der Waals surface area contributed by atoms with Crippen LogP contribution in [0.5, 0.6) is 17.2 Å². The van der Waals surface area contributed by atoms with Gasteiger partial charge in [0.25, 0.3) is 0 Å². The first-order valence-corrected chi connectivity index (χ1v) is 12.7. The summed E-state index contributed by atoms with van der Waals surface area (Å²) < 4.78 is 16.7. The third-order valence-corrected chi connectivity index (χ3v) is 6.33. The Kier molecular flexibility index (Phi) is 9.14. The van der Waals surface area contributed by atoms with E-state index in [0.717, 1.165) is 16.7 Å². The zero-order valence-electron chi connectivity index (χ0n) is 21.6. The van der Waals surface area contributed by atoms with Gasteiger partial charge in [0.2, 0.25) is 0 Å². The number of ether oxygens (including phenoxy) is 3. The summed E-state index contributed by atoms with van der Waals surface area (Å²) in [7, 11) is 0. The number of esters is 3. The van der Waals surface area contributed by atoms with Gasteiger partial charge in [-0.2, -0.15) is 0 Å². The van der Waals surface area contributed by atoms with E-state index >= 15 is 0 Å². The van der Waals surface area contributed by atoms with Crippen molar-refractivity contribution in [3.63, 3.8) is 0 Å². The maximum absolute atomic E-state index is 12.5. The normalized spacial score (nSPS) is 15.4. The van der Waals surface area contributed by atoms with Crippen LogP contribution < -0.4 is 19.5 Å². The largest absolute Gasteiger partial charge is 0.426 e. The molecule has 1 N–H and O–H groups in total. The predicted molar refractivity (Wildman–Crippen MR) is 138 cm³/mol. The lowest BCUT2D eigenvalue weighted by Crippen LogP contribution is -2.21. The minimum Gasteiger partial charge on any atom is -0.426 e. The number of carbonyl (C=O) groups is 3. The lowest BCUT2D eigenvalue weighted by atomic mass is 9.87. The van der Waals surface area contributed by atoms with Crippen LogP contribution in [0.2, 0.25) is 5.02 Å². The van der Waals surface area contributed by atoms with E-state index in [1.54, 1.807) is 59.7 Å². The first-order valence-electron chi connectivity index (χ1n) is 12.3. The molecule has 3 rings (SSSR count). The first-order chi connectivity index (χ1) is 17.0. The van der Waals surface area contributed by atoms with Gasteiger partial charge < -0.3 is 19.5 Å². The molecule has 0 saturated heterocycles. The van der Waals surface area contributed by atoms with E-state index in [1.807, 2.05) is 12.1 Å². The summed E-state index contributed by atoms with van der Waals surface area (Å²) >= 11 is 6.83. The predicted octanol–water partition coefficient (Wildman–Crippen LogP) is 5.30. The maximum atomic E-state index is 12.5. The molecule has 1 aliphatic rings. The molecule has 1 aliphatic heterocycles. The van der Waals surface area contributed by atoms with Crippen LogP contribution in [0, 0.1) is 17.8 Å². The Hall–Kier alpha value is -2.90. The molecule has 0 fully saturated rings. The Morgan fingerprint density at radius 1 is 0.861 bits per heavy atom. The van der Waals surface area contributed by atoms with Gasteiger partial charge in [0.15, 0.2) is 11.5 Å². The number of benzene rings is 2. The summed E-state index contributed by atoms with van der Waals surface area (Å²) in [6, 6.07) is 9.10. The fourth-order valence-electron chi connectivity index (χ4n) is 3.72. The molecule has 2 aromatic carbocycles. The molecule has 36 heavy (non-hydrogen) atoms. The smallest absolute Gasteiger partial charge is 0.313 e. The highest BCUT2D eigenvalue weighted by molar-refractivity contribution is 6.33. The van der Waals surface area contributed by atoms with Gasteiger partial charge in [0.05, 0.1) is 22.8 Å². The van der Waals surface area contributed by atoms with Crippen molar-refractivity contribution in [3.05, 3.63) is 52.0 Å². The third kappa shape index (κ3) is 6.45. The van der Waals surface area contributed by atoms with Crippen LogP contribution in [0.1, 0.15) is 64.2 Å². The van der Waals surface area contributed by atoms with Crippen molar-refractivity contribution in [2.24, 2.45) is 17.8 Å². The van der Waals surface area contributed by atoms with Crippen LogP contribution in [0.4, 0.5) is 0 Å². The molecular formula is C28H34ClNO6. The molecule has 1 atom stereocenters. The Bertz CT molecular complexity index is 1120. The Labute approximate surface area is 217 Å². The quantitative estimate of drug-likeness (QED) is 0.395. The molecule has 0 saturated carbocycles. The summed E-state index contributed by atoms with van der Waals surface area (Å²) in [5.41, 5.74) is 2.69. The van der Waals surface area contributed by atoms with Gasteiger partial charge in [0, 0.05) is 12.5 Å². The molecule has 2 aromatic rings. The molecule has 7 nitrogen and oxygen atoms in total. The summed E-state index contributed by atoms with van der Waals surface area (Å²) in [6.07, 6.45) is 0.611. The highest BCUT2D eigenvalue weighted by Crippen LogP contribution is 2.45. The average molecular weight is 516 g/mol. The molecular weight excluding hydrogens is 482 g/mol. The zero-order chi connectivity index (χ0) is 26.6. The van der Waals surface area contributed by atoms with Gasteiger partial charge in [-0.05, 0) is 47.9 Å². The Morgan fingerprint density at radius 2 is 1.42 bits per heavy atom. The van der Waals surface area contributed by atoms with Crippen LogP contribution in [0.15, 0.2) is 30.3 Å². The second-order valence-corrected chi connectivity index (χ2v) is 10.3. The van der Waals surface area contributed by atoms with Crippen molar-refractivity contribution in [1.82, 2.24) is 5.32 Å². The highest BCUT2D eigenvalue weighted by atomic mass is 35.5. The lowest BCUT2D eigenvalue weighted by Gasteiger charge is -2.23. The van der Waals surface area contributed by atoms with Gasteiger partial charge in [-0.1, -0.05) is 65.3 Å². The number of hydrogen-bond donors (Lipinski definition) is 1. The Morgan fingerprint density at radius 3 is 2.00 bits per heavy atom. The highest BCUT2D eigenvalue weighted by Gasteiger charge is 2.29. The van der Waals surface area contributed by atoms with Crippen molar-refractivity contribution in [1.29, 1.82) is 0 Å². The summed E-state index contributed by atoms with van der Waals surface area (Å²) in [4.78, 5) is 36.9. The third-order valence-electron chi connectivity index (χ3n) is 5.93. The monoisotopic (exact) mass is 515 g/mol. The van der Waals surface area contributed by atoms with Gasteiger partial charge >= 0.3 is 17.9 Å². The molecule has 1 heterocycles. The Balaban J connectivity index is 2.06. The molecule has 194 valence electrons. The van der Waals surface area contributed by atoms with Crippen molar-refractivity contribution in [2.75, 3.05) is 13.1 Å². The fourth-order valence-corrected chi connectivity index (χ4v) is 4.05. The molecule has 0 spiro atoms. The minimum absolute atomic E-state index is 0.0692. The lowest BCUT2D eigenvalue weighted by molar-refractivity contribution is -0.140. The van der Waals surface area contributed by atoms with Crippen molar-refractivity contribution >= 4 is 29.5 Å². The van der Waals surface area contributed by atoms with E-state index < -0.39 is 11.9 Å². The average Bonchev–Trinajstić information content (AvgIpc) is 3.04. The number of nitrogens with one attached hydrogen (secondary N) is 1. The van der Waals surface area contributed by atoms with Gasteiger partial charge in [-0.3, -0.25) is 14.4 Å². The summed E-state index contributed by atoms with van der Waals surface area (Å²) in [5, 5.41) is 3.70. The van der Waals surface area contributed by atoms with Gasteiger partial charge in [-0.25, -0.2) is 0 Å². The van der Waals surface area contributed by atoms with Crippen LogP contribution in [0.25, 0.3) is 0 Å². The van der Waals surface area contributed by atoms with Crippen molar-refractivity contribution in [3.8, 4) is 17.2 Å². The number of fused-ring (bicyclic) bond motifs is 1. The number of halogens is 1. The van der Waals surface area contributed by atoms with E-state index in [0.29, 0.717) is 25.3 Å². The van der Waals surface area contributed by atoms with E-state index in [9.17, 15) is 14.4 Å². The SMILES string of the molecule is CC(C)C(=O)Oc1ccc(C2CNCCc3c2cc(OC(=O)C(C)C)c(OC(=O)C(C)C)c3Cl)cc1. The maximum Gasteiger partial charge on any atom is 0.313 e.